The molecule has 0 amide bonds. The van der Waals surface area contributed by atoms with Crippen LogP contribution in [0.2, 0.25) is 0 Å². The Morgan fingerprint density at radius 2 is 2.12 bits per heavy atom. The minimum Gasteiger partial charge on any atom is -0.469 e. The first-order valence-corrected chi connectivity index (χ1v) is 6.19. The van der Waals surface area contributed by atoms with Crippen molar-refractivity contribution in [1.82, 2.24) is 9.03 Å². The maximum absolute atomic E-state index is 11.5. The Hall–Kier alpha value is -0.700. The van der Waals surface area contributed by atoms with Crippen LogP contribution in [-0.4, -0.2) is 57.1 Å². The van der Waals surface area contributed by atoms with Gasteiger partial charge >= 0.3 is 5.97 Å². The van der Waals surface area contributed by atoms with E-state index in [4.69, 9.17) is 5.11 Å². The molecule has 0 rings (SSSR count). The van der Waals surface area contributed by atoms with Crippen molar-refractivity contribution in [3.8, 4) is 0 Å². The van der Waals surface area contributed by atoms with Crippen molar-refractivity contribution in [3.05, 3.63) is 0 Å². The van der Waals surface area contributed by atoms with Gasteiger partial charge in [0.05, 0.1) is 19.6 Å². The molecule has 8 heteroatoms. The van der Waals surface area contributed by atoms with Crippen LogP contribution in [0.15, 0.2) is 0 Å². The molecule has 1 atom stereocenters. The maximum Gasteiger partial charge on any atom is 0.306 e. The van der Waals surface area contributed by atoms with E-state index in [-0.39, 0.29) is 19.5 Å². The van der Waals surface area contributed by atoms with Gasteiger partial charge in [-0.3, -0.25) is 4.79 Å². The van der Waals surface area contributed by atoms with Crippen LogP contribution in [0.25, 0.3) is 0 Å². The van der Waals surface area contributed by atoms with E-state index in [2.05, 4.69) is 9.46 Å². The number of nitrogens with zero attached hydrogens (tertiary/aromatic N) is 1. The first-order valence-electron chi connectivity index (χ1n) is 4.75. The summed E-state index contributed by atoms with van der Waals surface area (Å²) in [7, 11) is -1.06. The molecule has 2 N–H and O–H groups in total. The summed E-state index contributed by atoms with van der Waals surface area (Å²) in [4.78, 5) is 10.8. The number of carbonyl (C=O) groups excluding carboxylic acids is 1. The number of esters is 1. The predicted molar refractivity (Wildman–Crippen MR) is 57.9 cm³/mol. The van der Waals surface area contributed by atoms with Gasteiger partial charge in [0.2, 0.25) is 0 Å². The number of ether oxygens (including phenoxy) is 1. The molecule has 7 nitrogen and oxygen atoms in total. The zero-order chi connectivity index (χ0) is 12.8. The molecule has 0 heterocycles. The van der Waals surface area contributed by atoms with Crippen molar-refractivity contribution < 1.29 is 23.1 Å². The van der Waals surface area contributed by atoms with Gasteiger partial charge in [-0.05, 0) is 6.92 Å². The molecule has 0 saturated carbocycles. The fraction of sp³-hybridized carbons (Fsp3) is 0.875. The van der Waals surface area contributed by atoms with Crippen LogP contribution < -0.4 is 4.72 Å². The summed E-state index contributed by atoms with van der Waals surface area (Å²) in [5.41, 5.74) is 0. The molecular formula is C8H18N2O5S. The molecular weight excluding hydrogens is 236 g/mol. The second-order valence-electron chi connectivity index (χ2n) is 3.35. The van der Waals surface area contributed by atoms with E-state index in [0.29, 0.717) is 0 Å². The average molecular weight is 254 g/mol. The number of methoxy groups -OCH3 is 1. The third-order valence-corrected chi connectivity index (χ3v) is 3.36. The minimum absolute atomic E-state index is 0.0113. The van der Waals surface area contributed by atoms with Gasteiger partial charge in [-0.1, -0.05) is 0 Å². The molecule has 0 aromatic rings. The van der Waals surface area contributed by atoms with Crippen LogP contribution in [-0.2, 0) is 19.7 Å². The van der Waals surface area contributed by atoms with E-state index in [1.165, 1.54) is 21.1 Å². The molecule has 0 radical (unpaired) electrons. The highest BCUT2D eigenvalue weighted by Gasteiger charge is 2.18. The Morgan fingerprint density at radius 1 is 1.56 bits per heavy atom. The average Bonchev–Trinajstić information content (AvgIpc) is 2.22. The molecule has 0 aromatic carbocycles. The fourth-order valence-electron chi connectivity index (χ4n) is 0.807. The number of aliphatic hydroxyl groups excluding tert-OH is 1. The Morgan fingerprint density at radius 3 is 2.56 bits per heavy atom. The highest BCUT2D eigenvalue weighted by Crippen LogP contribution is 1.97. The number of carbonyl (C=O) groups is 1. The van der Waals surface area contributed by atoms with Gasteiger partial charge in [-0.15, -0.1) is 0 Å². The van der Waals surface area contributed by atoms with E-state index < -0.39 is 22.3 Å². The molecule has 0 fully saturated rings. The van der Waals surface area contributed by atoms with Crippen LogP contribution in [0.3, 0.4) is 0 Å². The molecule has 0 aromatic heterocycles. The first kappa shape index (κ1) is 15.3. The quantitative estimate of drug-likeness (QED) is 0.550. The summed E-state index contributed by atoms with van der Waals surface area (Å²) in [6.07, 6.45) is -0.772. The minimum atomic E-state index is -3.64. The normalized spacial score (nSPS) is 13.8. The Bertz CT molecular complexity index is 314. The van der Waals surface area contributed by atoms with Crippen LogP contribution in [0.4, 0.5) is 0 Å². The van der Waals surface area contributed by atoms with Gasteiger partial charge in [0.1, 0.15) is 0 Å². The van der Waals surface area contributed by atoms with Crippen molar-refractivity contribution in [1.29, 1.82) is 0 Å². The molecule has 0 saturated heterocycles. The van der Waals surface area contributed by atoms with Gasteiger partial charge < -0.3 is 9.84 Å². The molecule has 0 aliphatic heterocycles. The summed E-state index contributed by atoms with van der Waals surface area (Å²) in [5.74, 6) is -0.474. The summed E-state index contributed by atoms with van der Waals surface area (Å²) in [6.45, 7) is 1.43. The van der Waals surface area contributed by atoms with Crippen LogP contribution in [0.5, 0.6) is 0 Å². The van der Waals surface area contributed by atoms with Gasteiger partial charge in [0, 0.05) is 20.1 Å². The highest BCUT2D eigenvalue weighted by molar-refractivity contribution is 7.87. The number of rotatable bonds is 7. The Kier molecular flexibility index (Phi) is 6.49. The summed E-state index contributed by atoms with van der Waals surface area (Å²) < 4.78 is 30.6. The monoisotopic (exact) mass is 254 g/mol. The van der Waals surface area contributed by atoms with E-state index in [9.17, 15) is 13.2 Å². The second-order valence-corrected chi connectivity index (χ2v) is 5.21. The number of aliphatic hydroxyl groups is 1. The van der Waals surface area contributed by atoms with Crippen molar-refractivity contribution in [2.45, 2.75) is 19.4 Å². The zero-order valence-electron chi connectivity index (χ0n) is 9.63. The molecule has 0 aliphatic carbocycles. The predicted octanol–water partition coefficient (Wildman–Crippen LogP) is -1.30. The highest BCUT2D eigenvalue weighted by atomic mass is 32.2. The fourth-order valence-corrected chi connectivity index (χ4v) is 1.81. The number of hydrogen-bond donors (Lipinski definition) is 2. The van der Waals surface area contributed by atoms with Crippen LogP contribution in [0, 0.1) is 0 Å². The molecule has 0 spiro atoms. The van der Waals surface area contributed by atoms with Gasteiger partial charge in [-0.25, -0.2) is 0 Å². The summed E-state index contributed by atoms with van der Waals surface area (Å²) in [5, 5.41) is 8.93. The van der Waals surface area contributed by atoms with Crippen molar-refractivity contribution in [3.63, 3.8) is 0 Å². The van der Waals surface area contributed by atoms with Crippen molar-refractivity contribution >= 4 is 16.2 Å². The molecule has 96 valence electrons. The number of hydrogen-bond acceptors (Lipinski definition) is 5. The van der Waals surface area contributed by atoms with Crippen molar-refractivity contribution in [2.24, 2.45) is 0 Å². The summed E-state index contributed by atoms with van der Waals surface area (Å²) >= 11 is 0. The van der Waals surface area contributed by atoms with Crippen molar-refractivity contribution in [2.75, 3.05) is 27.2 Å². The first-order chi connectivity index (χ1) is 7.29. The Labute approximate surface area is 95.6 Å². The lowest BCUT2D eigenvalue weighted by molar-refractivity contribution is -0.140. The Balaban J connectivity index is 4.14. The lowest BCUT2D eigenvalue weighted by Gasteiger charge is -2.17. The van der Waals surface area contributed by atoms with Crippen LogP contribution in [0.1, 0.15) is 13.3 Å². The molecule has 16 heavy (non-hydrogen) atoms. The lowest BCUT2D eigenvalue weighted by atomic mass is 10.4. The lowest BCUT2D eigenvalue weighted by Crippen LogP contribution is -2.41. The molecule has 0 bridgehead atoms. The smallest absolute Gasteiger partial charge is 0.306 e. The van der Waals surface area contributed by atoms with Crippen LogP contribution >= 0.6 is 0 Å². The molecule has 0 aliphatic rings. The largest absolute Gasteiger partial charge is 0.469 e. The topological polar surface area (TPSA) is 95.9 Å². The van der Waals surface area contributed by atoms with E-state index >= 15 is 0 Å². The van der Waals surface area contributed by atoms with Gasteiger partial charge in [-0.2, -0.15) is 17.4 Å². The summed E-state index contributed by atoms with van der Waals surface area (Å²) in [6, 6.07) is 0. The van der Waals surface area contributed by atoms with Gasteiger partial charge in [0.15, 0.2) is 0 Å². The third kappa shape index (κ3) is 6.01. The second kappa shape index (κ2) is 6.79. The van der Waals surface area contributed by atoms with Gasteiger partial charge in [0.25, 0.3) is 10.2 Å². The number of nitrogens with one attached hydrogen (secondary N) is 1. The zero-order valence-corrected chi connectivity index (χ0v) is 10.5. The maximum atomic E-state index is 11.5. The molecule has 1 unspecified atom stereocenters. The standard InChI is InChI=1S/C8H18N2O5S/c1-7(11)6-9-16(13,14)10(2)5-4-8(12)15-3/h7,9,11H,4-6H2,1-3H3. The van der Waals surface area contributed by atoms with E-state index in [0.717, 1.165) is 4.31 Å². The third-order valence-electron chi connectivity index (χ3n) is 1.83. The SMILES string of the molecule is COC(=O)CCN(C)S(=O)(=O)NCC(C)O. The van der Waals surface area contributed by atoms with E-state index in [1.54, 1.807) is 0 Å². The van der Waals surface area contributed by atoms with E-state index in [1.807, 2.05) is 0 Å².